The van der Waals surface area contributed by atoms with Gasteiger partial charge in [-0.25, -0.2) is 14.8 Å². The highest BCUT2D eigenvalue weighted by molar-refractivity contribution is 7.98. The smallest absolute Gasteiger partial charge is 0.326 e. The molecule has 0 spiro atoms. The van der Waals surface area contributed by atoms with Crippen LogP contribution in [0.2, 0.25) is 5.02 Å². The zero-order chi connectivity index (χ0) is 18.5. The van der Waals surface area contributed by atoms with E-state index in [2.05, 4.69) is 15.3 Å². The second-order valence-electron chi connectivity index (χ2n) is 5.71. The molecule has 0 saturated heterocycles. The highest BCUT2D eigenvalue weighted by atomic mass is 35.5. The van der Waals surface area contributed by atoms with Gasteiger partial charge in [-0.3, -0.25) is 0 Å². The molecule has 0 aliphatic carbocycles. The van der Waals surface area contributed by atoms with E-state index in [-0.39, 0.29) is 0 Å². The molecule has 0 amide bonds. The summed E-state index contributed by atoms with van der Waals surface area (Å²) < 4.78 is 0. The Labute approximate surface area is 160 Å². The Morgan fingerprint density at radius 3 is 2.65 bits per heavy atom. The first kappa shape index (κ1) is 18.5. The van der Waals surface area contributed by atoms with Crippen molar-refractivity contribution in [3.05, 3.63) is 53.6 Å². The predicted molar refractivity (Wildman–Crippen MR) is 108 cm³/mol. The molecule has 1 atom stereocenters. The topological polar surface area (TPSA) is 75.1 Å². The number of aromatic nitrogens is 2. The number of halogens is 1. The fourth-order valence-corrected chi connectivity index (χ4v) is 3.30. The van der Waals surface area contributed by atoms with E-state index in [1.165, 1.54) is 0 Å². The Hall–Kier alpha value is -2.31. The SMILES string of the molecule is CSCCC(Nc1nc(-c2ccccc2Cl)nc2ccccc12)C(=O)O. The summed E-state index contributed by atoms with van der Waals surface area (Å²) in [6, 6.07) is 14.1. The zero-order valence-corrected chi connectivity index (χ0v) is 15.7. The number of nitrogens with one attached hydrogen (secondary N) is 1. The summed E-state index contributed by atoms with van der Waals surface area (Å²) >= 11 is 7.90. The molecule has 2 aromatic carbocycles. The summed E-state index contributed by atoms with van der Waals surface area (Å²) in [5, 5.41) is 13.9. The quantitative estimate of drug-likeness (QED) is 0.618. The average Bonchev–Trinajstić information content (AvgIpc) is 2.65. The van der Waals surface area contributed by atoms with Crippen LogP contribution in [0.5, 0.6) is 0 Å². The number of rotatable bonds is 7. The normalized spacial score (nSPS) is 12.1. The first-order chi connectivity index (χ1) is 12.6. The van der Waals surface area contributed by atoms with Gasteiger partial charge in [0.15, 0.2) is 5.82 Å². The van der Waals surface area contributed by atoms with E-state index in [0.717, 1.165) is 16.7 Å². The van der Waals surface area contributed by atoms with Gasteiger partial charge in [0.1, 0.15) is 11.9 Å². The van der Waals surface area contributed by atoms with E-state index < -0.39 is 12.0 Å². The molecular weight excluding hydrogens is 370 g/mol. The highest BCUT2D eigenvalue weighted by Gasteiger charge is 2.20. The Morgan fingerprint density at radius 2 is 1.92 bits per heavy atom. The Balaban J connectivity index is 2.08. The van der Waals surface area contributed by atoms with Crippen molar-refractivity contribution in [3.8, 4) is 11.4 Å². The fourth-order valence-electron chi connectivity index (χ4n) is 2.61. The summed E-state index contributed by atoms with van der Waals surface area (Å²) in [7, 11) is 0. The Kier molecular flexibility index (Phi) is 5.96. The summed E-state index contributed by atoms with van der Waals surface area (Å²) in [4.78, 5) is 20.8. The maximum atomic E-state index is 11.6. The van der Waals surface area contributed by atoms with Crippen LogP contribution < -0.4 is 5.32 Å². The molecule has 1 heterocycles. The van der Waals surface area contributed by atoms with Crippen LogP contribution in [-0.2, 0) is 4.79 Å². The Bertz CT molecular complexity index is 936. The van der Waals surface area contributed by atoms with Gasteiger partial charge in [0.25, 0.3) is 0 Å². The van der Waals surface area contributed by atoms with Crippen LogP contribution in [0.25, 0.3) is 22.3 Å². The maximum absolute atomic E-state index is 11.6. The van der Waals surface area contributed by atoms with Gasteiger partial charge < -0.3 is 10.4 Å². The van der Waals surface area contributed by atoms with E-state index >= 15 is 0 Å². The largest absolute Gasteiger partial charge is 0.480 e. The van der Waals surface area contributed by atoms with Gasteiger partial charge in [0.2, 0.25) is 0 Å². The summed E-state index contributed by atoms with van der Waals surface area (Å²) in [5.41, 5.74) is 1.44. The number of anilines is 1. The van der Waals surface area contributed by atoms with Gasteiger partial charge in [-0.05, 0) is 42.7 Å². The molecule has 2 N–H and O–H groups in total. The minimum absolute atomic E-state index is 0.464. The van der Waals surface area contributed by atoms with Crippen LogP contribution in [0.4, 0.5) is 5.82 Å². The van der Waals surface area contributed by atoms with Crippen LogP contribution in [0, 0.1) is 0 Å². The van der Waals surface area contributed by atoms with Crippen LogP contribution in [-0.4, -0.2) is 39.1 Å². The molecule has 0 fully saturated rings. The number of carboxylic acid groups (broad SMARTS) is 1. The van der Waals surface area contributed by atoms with Crippen molar-refractivity contribution in [2.45, 2.75) is 12.5 Å². The van der Waals surface area contributed by atoms with E-state index in [0.29, 0.717) is 28.6 Å². The molecule has 3 aromatic rings. The molecule has 5 nitrogen and oxygen atoms in total. The van der Waals surface area contributed by atoms with Gasteiger partial charge >= 0.3 is 5.97 Å². The molecule has 7 heteroatoms. The number of fused-ring (bicyclic) bond motifs is 1. The molecule has 3 rings (SSSR count). The fraction of sp³-hybridized carbons (Fsp3) is 0.211. The lowest BCUT2D eigenvalue weighted by molar-refractivity contribution is -0.137. The lowest BCUT2D eigenvalue weighted by Gasteiger charge is -2.17. The van der Waals surface area contributed by atoms with Crippen molar-refractivity contribution < 1.29 is 9.90 Å². The number of thioether (sulfide) groups is 1. The number of benzene rings is 2. The minimum atomic E-state index is -0.902. The van der Waals surface area contributed by atoms with E-state index in [1.807, 2.05) is 48.7 Å². The van der Waals surface area contributed by atoms with E-state index in [4.69, 9.17) is 11.6 Å². The van der Waals surface area contributed by atoms with Crippen molar-refractivity contribution in [3.63, 3.8) is 0 Å². The van der Waals surface area contributed by atoms with Crippen LogP contribution >= 0.6 is 23.4 Å². The second-order valence-corrected chi connectivity index (χ2v) is 7.10. The predicted octanol–water partition coefficient (Wildman–Crippen LogP) is 4.57. The third-order valence-electron chi connectivity index (χ3n) is 3.94. The average molecular weight is 388 g/mol. The number of para-hydroxylation sites is 1. The van der Waals surface area contributed by atoms with Crippen molar-refractivity contribution in [1.29, 1.82) is 0 Å². The summed E-state index contributed by atoms with van der Waals surface area (Å²) in [6.07, 6.45) is 2.45. The molecule has 26 heavy (non-hydrogen) atoms. The zero-order valence-electron chi connectivity index (χ0n) is 14.1. The van der Waals surface area contributed by atoms with E-state index in [9.17, 15) is 9.90 Å². The van der Waals surface area contributed by atoms with Gasteiger partial charge in [-0.15, -0.1) is 0 Å². The van der Waals surface area contributed by atoms with Crippen LogP contribution in [0.3, 0.4) is 0 Å². The molecule has 1 unspecified atom stereocenters. The summed E-state index contributed by atoms with van der Waals surface area (Å²) in [6.45, 7) is 0. The molecule has 0 aliphatic heterocycles. The molecule has 0 radical (unpaired) electrons. The number of aliphatic carboxylic acids is 1. The van der Waals surface area contributed by atoms with Crippen LogP contribution in [0.15, 0.2) is 48.5 Å². The lowest BCUT2D eigenvalue weighted by Crippen LogP contribution is -2.30. The standard InChI is InChI=1S/C19H18ClN3O2S/c1-26-11-10-16(19(24)25)22-18-13-7-3-5-9-15(13)21-17(23-18)12-6-2-4-8-14(12)20/h2-9,16H,10-11H2,1H3,(H,24,25)(H,21,22,23). The second kappa shape index (κ2) is 8.38. The van der Waals surface area contributed by atoms with Crippen LogP contribution in [0.1, 0.15) is 6.42 Å². The first-order valence-electron chi connectivity index (χ1n) is 8.10. The maximum Gasteiger partial charge on any atom is 0.326 e. The minimum Gasteiger partial charge on any atom is -0.480 e. The Morgan fingerprint density at radius 1 is 1.19 bits per heavy atom. The molecule has 0 bridgehead atoms. The van der Waals surface area contributed by atoms with E-state index in [1.54, 1.807) is 17.8 Å². The monoisotopic (exact) mass is 387 g/mol. The number of nitrogens with zero attached hydrogens (tertiary/aromatic N) is 2. The molecule has 1 aromatic heterocycles. The van der Waals surface area contributed by atoms with Gasteiger partial charge in [0, 0.05) is 10.9 Å². The lowest BCUT2D eigenvalue weighted by atomic mass is 10.1. The summed E-state index contributed by atoms with van der Waals surface area (Å²) in [5.74, 6) is 0.801. The number of hydrogen-bond donors (Lipinski definition) is 2. The van der Waals surface area contributed by atoms with Crippen molar-refractivity contribution in [1.82, 2.24) is 9.97 Å². The molecule has 0 saturated carbocycles. The molecular formula is C19H18ClN3O2S. The van der Waals surface area contributed by atoms with Crippen molar-refractivity contribution in [2.24, 2.45) is 0 Å². The van der Waals surface area contributed by atoms with Gasteiger partial charge in [-0.1, -0.05) is 35.9 Å². The molecule has 134 valence electrons. The third kappa shape index (κ3) is 4.08. The first-order valence-corrected chi connectivity index (χ1v) is 9.87. The number of hydrogen-bond acceptors (Lipinski definition) is 5. The van der Waals surface area contributed by atoms with Gasteiger partial charge in [0.05, 0.1) is 10.5 Å². The number of carboxylic acids is 1. The molecule has 0 aliphatic rings. The third-order valence-corrected chi connectivity index (χ3v) is 4.91. The van der Waals surface area contributed by atoms with Crippen molar-refractivity contribution >= 4 is 46.1 Å². The van der Waals surface area contributed by atoms with Gasteiger partial charge in [-0.2, -0.15) is 11.8 Å². The highest BCUT2D eigenvalue weighted by Crippen LogP contribution is 2.29. The number of carbonyl (C=O) groups is 1. The van der Waals surface area contributed by atoms with Crippen molar-refractivity contribution in [2.75, 3.05) is 17.3 Å².